The Labute approximate surface area is 703 Å². The number of rotatable bonds is 9. The highest BCUT2D eigenvalue weighted by molar-refractivity contribution is 6.26. The number of para-hydroxylation sites is 6. The third-order valence-corrected chi connectivity index (χ3v) is 23.6. The molecule has 2 aromatic heterocycles. The van der Waals surface area contributed by atoms with Crippen LogP contribution < -0.4 is 0 Å². The number of benzene rings is 18. The smallest absolute Gasteiger partial charge is 0.164 e. The van der Waals surface area contributed by atoms with Crippen molar-refractivity contribution < 1.29 is 13.3 Å². The minimum Gasteiger partial charge on any atom is -0.455 e. The van der Waals surface area contributed by atoms with Crippen molar-refractivity contribution in [3.05, 3.63) is 394 Å². The summed E-state index contributed by atoms with van der Waals surface area (Å²) in [5.41, 5.74) is 19.9. The highest BCUT2D eigenvalue weighted by atomic mass is 16.3. The standard InChI is InChI=1S/C44H26N4O.C36H22N4O.C31H17NO/c1-3-11-31-25-33(23-17-27(31)9-1)43-46-42(47-44(48-43)34-24-18-28-10-2-4-12-32(28)26-34)30-21-19-29(20-22-30)41-39-35-13-5-7-15-37(35)45-40(39)36-14-6-8-16-38(36)49-41;1-3-11-24(12-4-1)34-38-35(25-13-5-2-6-14-25)40-36(39-34)26-21-19-23(20-22-26)33-31-27-15-7-9-17-29(27)37-32(31)28-16-8-10-18-30(28)41-33;1-3-10-25-23(8-1)29-30(32-25)24-9-2-4-11-26(24)33-31(29)22-17-15-20-13-12-18-6-5-7-19-14-16-21(22)28(20)27(18)19/h1-26H;1-22H;1-17H. The van der Waals surface area contributed by atoms with Gasteiger partial charge in [0.1, 0.15) is 34.0 Å². The van der Waals surface area contributed by atoms with Crippen molar-refractivity contribution in [1.82, 2.24) is 44.9 Å². The average molecular weight is 1570 g/mol. The Morgan fingerprint density at radius 2 is 0.447 bits per heavy atom. The Hall–Kier alpha value is -16.8. The molecule has 0 saturated heterocycles. The van der Waals surface area contributed by atoms with Gasteiger partial charge in [-0.2, -0.15) is 0 Å². The summed E-state index contributed by atoms with van der Waals surface area (Å²) in [5, 5.41) is 18.6. The summed E-state index contributed by atoms with van der Waals surface area (Å²) in [6, 6.07) is 135. The average Bonchev–Trinajstić information content (AvgIpc) is 1.68. The molecular formula is C111H65N9O3. The van der Waals surface area contributed by atoms with Crippen molar-refractivity contribution in [3.63, 3.8) is 0 Å². The first-order chi connectivity index (χ1) is 60.9. The van der Waals surface area contributed by atoms with Crippen molar-refractivity contribution in [1.29, 1.82) is 0 Å². The lowest BCUT2D eigenvalue weighted by Gasteiger charge is -2.16. The Balaban J connectivity index is 0.000000106. The summed E-state index contributed by atoms with van der Waals surface area (Å²) in [7, 11) is 0. The van der Waals surface area contributed by atoms with E-state index in [1.54, 1.807) is 0 Å². The molecule has 20 aromatic rings. The van der Waals surface area contributed by atoms with Crippen LogP contribution >= 0.6 is 0 Å². The first kappa shape index (κ1) is 70.4. The van der Waals surface area contributed by atoms with E-state index in [2.05, 4.69) is 231 Å². The molecule has 0 amide bonds. The number of hydrogen-bond acceptors (Lipinski definition) is 12. The molecule has 26 rings (SSSR count). The maximum Gasteiger partial charge on any atom is 0.164 e. The summed E-state index contributed by atoms with van der Waals surface area (Å²) in [6.45, 7) is 0. The van der Waals surface area contributed by atoms with Crippen LogP contribution in [0.5, 0.6) is 0 Å². The fourth-order valence-electron chi connectivity index (χ4n) is 17.7. The van der Waals surface area contributed by atoms with Crippen molar-refractivity contribution in [3.8, 4) is 136 Å². The third-order valence-electron chi connectivity index (χ3n) is 23.6. The fraction of sp³-hybridized carbons (Fsp3) is 0. The zero-order chi connectivity index (χ0) is 81.0. The van der Waals surface area contributed by atoms with Crippen molar-refractivity contribution in [2.24, 2.45) is 0 Å². The van der Waals surface area contributed by atoms with E-state index in [4.69, 9.17) is 58.1 Å². The minimum absolute atomic E-state index is 0.605. The van der Waals surface area contributed by atoms with Crippen LogP contribution in [0.25, 0.3) is 256 Å². The summed E-state index contributed by atoms with van der Waals surface area (Å²) < 4.78 is 19.8. The van der Waals surface area contributed by atoms with E-state index in [-0.39, 0.29) is 0 Å². The highest BCUT2D eigenvalue weighted by Crippen LogP contribution is 2.50. The SMILES string of the molecule is c1cc2ccc3ccc(-c4oc5ccccc5c5nc6ccccc6c4-5)c4ccc(c1)c2c34.c1ccc(-c2nc(-c3ccccc3)nc(-c3ccc(-c4oc5ccccc5c5nc6ccccc6c4-5)cc3)n2)cc1.c1ccc2cc(-c3nc(-c4ccc(-c5oc6ccccc6c6nc7ccccc7c5-6)cc4)nc(-c4ccc5ccccc5c4)n3)ccc2c1. The Morgan fingerprint density at radius 1 is 0.163 bits per heavy atom. The topological polar surface area (TPSA) is 155 Å². The largest absolute Gasteiger partial charge is 0.455 e. The molecule has 0 unspecified atom stereocenters. The van der Waals surface area contributed by atoms with Gasteiger partial charge in [0.05, 0.1) is 50.3 Å². The van der Waals surface area contributed by atoms with Crippen LogP contribution in [-0.2, 0) is 0 Å². The van der Waals surface area contributed by atoms with E-state index >= 15 is 0 Å². The van der Waals surface area contributed by atoms with Gasteiger partial charge in [0, 0.05) is 82.4 Å². The van der Waals surface area contributed by atoms with Crippen molar-refractivity contribution >= 4 is 119 Å². The molecule has 572 valence electrons. The summed E-state index contributed by atoms with van der Waals surface area (Å²) in [4.78, 5) is 44.7. The van der Waals surface area contributed by atoms with Crippen LogP contribution in [0.1, 0.15) is 0 Å². The predicted octanol–water partition coefficient (Wildman–Crippen LogP) is 28.8. The lowest BCUT2D eigenvalue weighted by Crippen LogP contribution is -2.00. The second-order valence-electron chi connectivity index (χ2n) is 30.9. The van der Waals surface area contributed by atoms with E-state index in [9.17, 15) is 0 Å². The van der Waals surface area contributed by atoms with Crippen LogP contribution in [0.2, 0.25) is 0 Å². The van der Waals surface area contributed by atoms with Crippen molar-refractivity contribution in [2.45, 2.75) is 0 Å². The summed E-state index contributed by atoms with van der Waals surface area (Å²) in [5.74, 6) is 6.22. The molecule has 0 radical (unpaired) electrons. The van der Waals surface area contributed by atoms with Crippen LogP contribution in [0.15, 0.2) is 408 Å². The van der Waals surface area contributed by atoms with Gasteiger partial charge in [-0.3, -0.25) is 0 Å². The maximum absolute atomic E-state index is 6.68. The molecule has 6 aliphatic heterocycles. The molecule has 18 aromatic carbocycles. The van der Waals surface area contributed by atoms with Gasteiger partial charge in [0.15, 0.2) is 34.9 Å². The predicted molar refractivity (Wildman–Crippen MR) is 499 cm³/mol. The molecule has 123 heavy (non-hydrogen) atoms. The zero-order valence-corrected chi connectivity index (χ0v) is 65.8. The summed E-state index contributed by atoms with van der Waals surface area (Å²) in [6.07, 6.45) is 0. The molecule has 0 N–H and O–H groups in total. The van der Waals surface area contributed by atoms with Gasteiger partial charge in [-0.25, -0.2) is 44.9 Å². The number of fused-ring (bicyclic) bond motifs is 17. The zero-order valence-electron chi connectivity index (χ0n) is 65.8. The first-order valence-electron chi connectivity index (χ1n) is 41.0. The lowest BCUT2D eigenvalue weighted by atomic mass is 9.89. The molecule has 6 aliphatic rings. The lowest BCUT2D eigenvalue weighted by molar-refractivity contribution is 0.621. The van der Waals surface area contributed by atoms with E-state index in [0.29, 0.717) is 34.9 Å². The fourth-order valence-corrected chi connectivity index (χ4v) is 17.7. The van der Waals surface area contributed by atoms with E-state index in [0.717, 1.165) is 178 Å². The normalized spacial score (nSPS) is 11.7. The number of aromatic nitrogens is 9. The Kier molecular flexibility index (Phi) is 16.6. The van der Waals surface area contributed by atoms with Gasteiger partial charge >= 0.3 is 0 Å². The molecule has 12 heteroatoms. The second-order valence-corrected chi connectivity index (χ2v) is 30.9. The maximum atomic E-state index is 6.68. The highest BCUT2D eigenvalue weighted by Gasteiger charge is 2.29. The molecule has 0 spiro atoms. The van der Waals surface area contributed by atoms with E-state index in [1.807, 2.05) is 164 Å². The van der Waals surface area contributed by atoms with Gasteiger partial charge in [0.25, 0.3) is 0 Å². The Morgan fingerprint density at radius 3 is 0.870 bits per heavy atom. The van der Waals surface area contributed by atoms with Crippen LogP contribution in [0, 0.1) is 0 Å². The molecule has 0 atom stereocenters. The van der Waals surface area contributed by atoms with Gasteiger partial charge in [-0.1, -0.05) is 322 Å². The third kappa shape index (κ3) is 12.3. The molecule has 0 saturated carbocycles. The minimum atomic E-state index is 0.605. The molecule has 0 aliphatic carbocycles. The van der Waals surface area contributed by atoms with Gasteiger partial charge < -0.3 is 13.3 Å². The second kappa shape index (κ2) is 29.1. The van der Waals surface area contributed by atoms with Crippen LogP contribution in [-0.4, -0.2) is 44.9 Å². The van der Waals surface area contributed by atoms with Crippen LogP contribution in [0.3, 0.4) is 0 Å². The van der Waals surface area contributed by atoms with Gasteiger partial charge in [-0.15, -0.1) is 0 Å². The molecule has 0 bridgehead atoms. The van der Waals surface area contributed by atoms with E-state index in [1.165, 1.54) is 43.1 Å². The monoisotopic (exact) mass is 1570 g/mol. The molecule has 0 fully saturated rings. The first-order valence-corrected chi connectivity index (χ1v) is 41.0. The molecule has 12 nitrogen and oxygen atoms in total. The van der Waals surface area contributed by atoms with Gasteiger partial charge in [-0.05, 0) is 127 Å². The molecule has 8 heterocycles. The van der Waals surface area contributed by atoms with Crippen molar-refractivity contribution in [2.75, 3.05) is 0 Å². The number of nitrogens with zero attached hydrogens (tertiary/aromatic N) is 9. The quantitative estimate of drug-likeness (QED) is 0.126. The van der Waals surface area contributed by atoms with Gasteiger partial charge in [0.2, 0.25) is 0 Å². The molecular weight excluding hydrogens is 1510 g/mol. The summed E-state index contributed by atoms with van der Waals surface area (Å²) >= 11 is 0. The Bertz CT molecular complexity index is 8350. The van der Waals surface area contributed by atoms with Crippen LogP contribution in [0.4, 0.5) is 0 Å². The number of hydrogen-bond donors (Lipinski definition) is 0. The van der Waals surface area contributed by atoms with E-state index < -0.39 is 0 Å².